The number of carbonyl (C=O) groups is 1. The summed E-state index contributed by atoms with van der Waals surface area (Å²) in [5.41, 5.74) is 1.46. The van der Waals surface area contributed by atoms with Crippen molar-refractivity contribution in [3.63, 3.8) is 0 Å². The van der Waals surface area contributed by atoms with Crippen LogP contribution in [-0.2, 0) is 6.54 Å². The van der Waals surface area contributed by atoms with Crippen LogP contribution in [0.15, 0.2) is 59.5 Å². The molecular weight excluding hydrogens is 398 g/mol. The topological polar surface area (TPSA) is 85.0 Å². The number of aromatic nitrogens is 1. The Bertz CT molecular complexity index is 1000. The predicted octanol–water partition coefficient (Wildman–Crippen LogP) is 4.85. The predicted molar refractivity (Wildman–Crippen MR) is 102 cm³/mol. The smallest absolute Gasteiger partial charge is 0.387 e. The fourth-order valence-electron chi connectivity index (χ4n) is 2.91. The molecule has 0 amide bonds. The first-order valence-corrected chi connectivity index (χ1v) is 9.23. The normalized spacial score (nSPS) is 13.3. The summed E-state index contributed by atoms with van der Waals surface area (Å²) in [6.45, 7) is -2.68. The molecule has 0 unspecified atom stereocenters. The Morgan fingerprint density at radius 1 is 1.17 bits per heavy atom. The summed E-state index contributed by atoms with van der Waals surface area (Å²) in [5, 5.41) is 9.14. The number of nitrogens with zero attached hydrogens (tertiary/aromatic N) is 2. The Balaban J connectivity index is 1.70. The first-order chi connectivity index (χ1) is 14.5. The summed E-state index contributed by atoms with van der Waals surface area (Å²) in [5.74, 6) is -0.284. The Morgan fingerprint density at radius 2 is 1.90 bits per heavy atom. The van der Waals surface area contributed by atoms with Crippen LogP contribution in [0.25, 0.3) is 0 Å². The molecule has 1 fully saturated rings. The van der Waals surface area contributed by atoms with Crippen LogP contribution in [0.3, 0.4) is 0 Å². The van der Waals surface area contributed by atoms with Crippen LogP contribution in [-0.4, -0.2) is 28.8 Å². The van der Waals surface area contributed by atoms with Crippen LogP contribution in [0.1, 0.15) is 29.0 Å². The van der Waals surface area contributed by atoms with Gasteiger partial charge in [0.15, 0.2) is 17.9 Å². The van der Waals surface area contributed by atoms with Gasteiger partial charge in [-0.15, -0.1) is 0 Å². The van der Waals surface area contributed by atoms with E-state index < -0.39 is 12.6 Å². The van der Waals surface area contributed by atoms with E-state index >= 15 is 0 Å². The van der Waals surface area contributed by atoms with Gasteiger partial charge in [0, 0.05) is 17.4 Å². The van der Waals surface area contributed by atoms with Crippen LogP contribution in [0.4, 0.5) is 20.2 Å². The fraction of sp³-hybridized carbons (Fsp3) is 0.238. The lowest BCUT2D eigenvalue weighted by Crippen LogP contribution is -2.17. The van der Waals surface area contributed by atoms with Gasteiger partial charge >= 0.3 is 12.6 Å². The van der Waals surface area contributed by atoms with E-state index in [2.05, 4.69) is 9.72 Å². The lowest BCUT2D eigenvalue weighted by molar-refractivity contribution is -0.0516. The SMILES string of the molecule is O=C(O)c1ccc(N(Cc2cnco2)c2ccc(OC(F)F)c(OC3CC3)c2)cc1. The number of anilines is 2. The third-order valence-electron chi connectivity index (χ3n) is 4.50. The minimum Gasteiger partial charge on any atom is -0.486 e. The number of rotatable bonds is 9. The number of ether oxygens (including phenoxy) is 2. The highest BCUT2D eigenvalue weighted by molar-refractivity contribution is 5.88. The third kappa shape index (κ3) is 4.68. The van der Waals surface area contributed by atoms with Crippen LogP contribution in [0.5, 0.6) is 11.5 Å². The van der Waals surface area contributed by atoms with Crippen molar-refractivity contribution in [2.24, 2.45) is 0 Å². The van der Waals surface area contributed by atoms with Crippen LogP contribution in [0, 0.1) is 0 Å². The van der Waals surface area contributed by atoms with Crippen molar-refractivity contribution in [3.05, 3.63) is 66.4 Å². The number of aromatic carboxylic acids is 1. The van der Waals surface area contributed by atoms with E-state index in [0.29, 0.717) is 17.1 Å². The number of carboxylic acids is 1. The minimum atomic E-state index is -2.97. The van der Waals surface area contributed by atoms with Crippen molar-refractivity contribution in [1.82, 2.24) is 4.98 Å². The number of halogens is 2. The molecule has 0 aliphatic heterocycles. The molecule has 9 heteroatoms. The van der Waals surface area contributed by atoms with E-state index in [1.165, 1.54) is 24.6 Å². The first-order valence-electron chi connectivity index (χ1n) is 9.23. The zero-order valence-electron chi connectivity index (χ0n) is 15.7. The second-order valence-corrected chi connectivity index (χ2v) is 6.73. The number of hydrogen-bond donors (Lipinski definition) is 1. The number of hydrogen-bond acceptors (Lipinski definition) is 6. The molecule has 1 heterocycles. The molecule has 1 saturated carbocycles. The molecular formula is C21H18F2N2O5. The molecule has 0 bridgehead atoms. The van der Waals surface area contributed by atoms with Gasteiger partial charge in [0.05, 0.1) is 24.4 Å². The highest BCUT2D eigenvalue weighted by Crippen LogP contribution is 2.39. The van der Waals surface area contributed by atoms with Crippen LogP contribution >= 0.6 is 0 Å². The van der Waals surface area contributed by atoms with E-state index in [9.17, 15) is 13.6 Å². The number of alkyl halides is 2. The summed E-state index contributed by atoms with van der Waals surface area (Å²) in [6, 6.07) is 11.0. The summed E-state index contributed by atoms with van der Waals surface area (Å²) >= 11 is 0. The Labute approximate surface area is 170 Å². The highest BCUT2D eigenvalue weighted by Gasteiger charge is 2.26. The molecule has 1 aliphatic carbocycles. The molecule has 1 N–H and O–H groups in total. The highest BCUT2D eigenvalue weighted by atomic mass is 19.3. The van der Waals surface area contributed by atoms with Gasteiger partial charge < -0.3 is 23.9 Å². The van der Waals surface area contributed by atoms with Crippen LogP contribution < -0.4 is 14.4 Å². The molecule has 4 rings (SSSR count). The fourth-order valence-corrected chi connectivity index (χ4v) is 2.91. The molecule has 0 saturated heterocycles. The van der Waals surface area contributed by atoms with Gasteiger partial charge in [0.1, 0.15) is 5.76 Å². The zero-order valence-corrected chi connectivity index (χ0v) is 15.7. The molecule has 2 aromatic carbocycles. The van der Waals surface area contributed by atoms with Crippen molar-refractivity contribution in [2.45, 2.75) is 32.1 Å². The van der Waals surface area contributed by atoms with E-state index in [4.69, 9.17) is 14.3 Å². The van der Waals surface area contributed by atoms with Gasteiger partial charge in [-0.25, -0.2) is 9.78 Å². The Morgan fingerprint density at radius 3 is 2.50 bits per heavy atom. The van der Waals surface area contributed by atoms with Crippen molar-refractivity contribution < 1.29 is 32.6 Å². The average molecular weight is 416 g/mol. The van der Waals surface area contributed by atoms with Crippen molar-refractivity contribution in [2.75, 3.05) is 4.90 Å². The number of carboxylic acid groups (broad SMARTS) is 1. The van der Waals surface area contributed by atoms with E-state index in [0.717, 1.165) is 12.8 Å². The monoisotopic (exact) mass is 416 g/mol. The van der Waals surface area contributed by atoms with Crippen molar-refractivity contribution in [3.8, 4) is 11.5 Å². The van der Waals surface area contributed by atoms with E-state index in [1.54, 1.807) is 30.5 Å². The maximum atomic E-state index is 12.8. The lowest BCUT2D eigenvalue weighted by Gasteiger charge is -2.25. The van der Waals surface area contributed by atoms with E-state index in [-0.39, 0.29) is 29.7 Å². The van der Waals surface area contributed by atoms with Gasteiger partial charge in [0.2, 0.25) is 0 Å². The minimum absolute atomic E-state index is 0.0159. The van der Waals surface area contributed by atoms with Gasteiger partial charge in [-0.2, -0.15) is 8.78 Å². The van der Waals surface area contributed by atoms with E-state index in [1.807, 2.05) is 4.90 Å². The summed E-state index contributed by atoms with van der Waals surface area (Å²) in [4.78, 5) is 16.9. The molecule has 7 nitrogen and oxygen atoms in total. The average Bonchev–Trinajstić information content (AvgIpc) is 3.39. The third-order valence-corrected chi connectivity index (χ3v) is 4.50. The largest absolute Gasteiger partial charge is 0.486 e. The molecule has 0 radical (unpaired) electrons. The second kappa shape index (κ2) is 8.40. The van der Waals surface area contributed by atoms with Gasteiger partial charge in [0.25, 0.3) is 0 Å². The maximum absolute atomic E-state index is 12.8. The van der Waals surface area contributed by atoms with Gasteiger partial charge in [-0.1, -0.05) is 0 Å². The molecule has 3 aromatic rings. The Hall–Kier alpha value is -3.62. The van der Waals surface area contributed by atoms with Crippen molar-refractivity contribution >= 4 is 17.3 Å². The van der Waals surface area contributed by atoms with Crippen LogP contribution in [0.2, 0.25) is 0 Å². The van der Waals surface area contributed by atoms with Gasteiger partial charge in [-0.05, 0) is 49.2 Å². The molecule has 1 aliphatic rings. The maximum Gasteiger partial charge on any atom is 0.387 e. The Kier molecular flexibility index (Phi) is 5.51. The standard InChI is InChI=1S/C21H18F2N2O5/c22-21(23)30-18-8-5-15(9-19(18)29-16-6-7-16)25(11-17-10-24-12-28-17)14-3-1-13(2-4-14)20(26)27/h1-5,8-10,12,16,21H,6-7,11H2,(H,26,27). The number of oxazole rings is 1. The first kappa shape index (κ1) is 19.7. The van der Waals surface area contributed by atoms with Crippen molar-refractivity contribution in [1.29, 1.82) is 0 Å². The molecule has 30 heavy (non-hydrogen) atoms. The van der Waals surface area contributed by atoms with Gasteiger partial charge in [-0.3, -0.25) is 0 Å². The molecule has 0 spiro atoms. The lowest BCUT2D eigenvalue weighted by atomic mass is 10.1. The summed E-state index contributed by atoms with van der Waals surface area (Å²) in [7, 11) is 0. The summed E-state index contributed by atoms with van der Waals surface area (Å²) < 4.78 is 41.3. The zero-order chi connectivity index (χ0) is 21.1. The second-order valence-electron chi connectivity index (χ2n) is 6.73. The molecule has 0 atom stereocenters. The quantitative estimate of drug-likeness (QED) is 0.533. The molecule has 1 aromatic heterocycles. The number of benzene rings is 2. The summed E-state index contributed by atoms with van der Waals surface area (Å²) in [6.07, 6.45) is 4.57. The molecule has 156 valence electrons.